The second kappa shape index (κ2) is 6.81. The molecule has 0 bridgehead atoms. The van der Waals surface area contributed by atoms with Crippen molar-refractivity contribution in [1.29, 1.82) is 0 Å². The van der Waals surface area contributed by atoms with Gasteiger partial charge in [0.05, 0.1) is 0 Å². The highest BCUT2D eigenvalue weighted by atomic mass is 28.3. The van der Waals surface area contributed by atoms with E-state index in [9.17, 15) is 0 Å². The van der Waals surface area contributed by atoms with Gasteiger partial charge in [0.15, 0.2) is 8.07 Å². The number of furan rings is 1. The molecular formula is C31H22OSi. The predicted molar refractivity (Wildman–Crippen MR) is 141 cm³/mol. The number of fused-ring (bicyclic) bond motifs is 7. The van der Waals surface area contributed by atoms with Crippen molar-refractivity contribution < 1.29 is 4.42 Å². The van der Waals surface area contributed by atoms with Gasteiger partial charge in [0.1, 0.15) is 11.2 Å². The van der Waals surface area contributed by atoms with Gasteiger partial charge in [0, 0.05) is 16.0 Å². The molecule has 2 heteroatoms. The molecule has 7 rings (SSSR count). The van der Waals surface area contributed by atoms with Gasteiger partial charge >= 0.3 is 0 Å². The molecule has 0 saturated carbocycles. The number of hydrogen-bond donors (Lipinski definition) is 0. The number of aryl methyl sites for hydroxylation is 1. The molecule has 0 atom stereocenters. The van der Waals surface area contributed by atoms with Gasteiger partial charge in [-0.1, -0.05) is 109 Å². The fourth-order valence-electron chi connectivity index (χ4n) is 5.87. The van der Waals surface area contributed by atoms with Crippen LogP contribution < -0.4 is 20.7 Å². The average Bonchev–Trinajstić information content (AvgIpc) is 3.39. The molecule has 0 radical (unpaired) electrons. The number of para-hydroxylation sites is 1. The van der Waals surface area contributed by atoms with Gasteiger partial charge in [0.25, 0.3) is 0 Å². The molecule has 33 heavy (non-hydrogen) atoms. The first-order valence-corrected chi connectivity index (χ1v) is 13.5. The first-order chi connectivity index (χ1) is 16.3. The Kier molecular flexibility index (Phi) is 3.85. The van der Waals surface area contributed by atoms with Crippen molar-refractivity contribution in [3.05, 3.63) is 121 Å². The standard InChI is InChI=1S/C31H22OSi/c1-21-16-19-29-27(20-21)26-18-17-25-24-14-8-9-15-28(24)32-30(25)31(26)33(29,22-10-4-2-5-11-22)23-12-6-3-7-13-23/h2-20H,1H3. The maximum absolute atomic E-state index is 6.69. The fourth-order valence-corrected chi connectivity index (χ4v) is 11.2. The van der Waals surface area contributed by atoms with Gasteiger partial charge in [-0.25, -0.2) is 0 Å². The second-order valence-corrected chi connectivity index (χ2v) is 12.7. The van der Waals surface area contributed by atoms with Crippen molar-refractivity contribution >= 4 is 50.8 Å². The maximum Gasteiger partial charge on any atom is 0.185 e. The van der Waals surface area contributed by atoms with Crippen LogP contribution in [0.25, 0.3) is 33.1 Å². The van der Waals surface area contributed by atoms with E-state index in [1.54, 1.807) is 0 Å². The Morgan fingerprint density at radius 3 is 1.97 bits per heavy atom. The summed E-state index contributed by atoms with van der Waals surface area (Å²) in [7, 11) is -2.57. The third-order valence-corrected chi connectivity index (χ3v) is 12.1. The minimum atomic E-state index is -2.57. The van der Waals surface area contributed by atoms with Crippen molar-refractivity contribution in [2.24, 2.45) is 0 Å². The highest BCUT2D eigenvalue weighted by Gasteiger charge is 2.50. The van der Waals surface area contributed by atoms with Crippen LogP contribution in [0.2, 0.25) is 0 Å². The van der Waals surface area contributed by atoms with Crippen LogP contribution in [0.4, 0.5) is 0 Å². The van der Waals surface area contributed by atoms with Crippen LogP contribution >= 0.6 is 0 Å². The first-order valence-electron chi connectivity index (χ1n) is 11.5. The lowest BCUT2D eigenvalue weighted by Gasteiger charge is -2.31. The van der Waals surface area contributed by atoms with Crippen LogP contribution in [-0.2, 0) is 0 Å². The number of rotatable bonds is 2. The Labute approximate surface area is 194 Å². The average molecular weight is 439 g/mol. The van der Waals surface area contributed by atoms with E-state index >= 15 is 0 Å². The molecule has 1 aliphatic heterocycles. The predicted octanol–water partition coefficient (Wildman–Crippen LogP) is 5.25. The third kappa shape index (κ3) is 2.41. The zero-order valence-corrected chi connectivity index (χ0v) is 19.4. The summed E-state index contributed by atoms with van der Waals surface area (Å²) >= 11 is 0. The molecule has 156 valence electrons. The van der Waals surface area contributed by atoms with E-state index in [1.165, 1.54) is 48.2 Å². The van der Waals surface area contributed by atoms with Gasteiger partial charge in [-0.3, -0.25) is 0 Å². The van der Waals surface area contributed by atoms with E-state index < -0.39 is 8.07 Å². The normalized spacial score (nSPS) is 13.8. The number of benzene rings is 5. The summed E-state index contributed by atoms with van der Waals surface area (Å²) in [6.07, 6.45) is 0. The lowest BCUT2D eigenvalue weighted by Crippen LogP contribution is -2.72. The molecule has 1 aromatic heterocycles. The Hall–Kier alpha value is -3.88. The fraction of sp³-hybridized carbons (Fsp3) is 0.0323. The molecule has 2 heterocycles. The van der Waals surface area contributed by atoms with Crippen LogP contribution in [0.5, 0.6) is 0 Å². The highest BCUT2D eigenvalue weighted by Crippen LogP contribution is 2.36. The van der Waals surface area contributed by atoms with Crippen LogP contribution in [0.1, 0.15) is 5.56 Å². The maximum atomic E-state index is 6.69. The minimum absolute atomic E-state index is 0.956. The van der Waals surface area contributed by atoms with Gasteiger partial charge in [0.2, 0.25) is 0 Å². The molecular weight excluding hydrogens is 416 g/mol. The smallest absolute Gasteiger partial charge is 0.185 e. The third-order valence-electron chi connectivity index (χ3n) is 7.20. The van der Waals surface area contributed by atoms with E-state index in [0.717, 1.165) is 11.2 Å². The molecule has 0 aliphatic carbocycles. The van der Waals surface area contributed by atoms with E-state index in [2.05, 4.69) is 122 Å². The molecule has 0 N–H and O–H groups in total. The summed E-state index contributed by atoms with van der Waals surface area (Å²) in [5.41, 5.74) is 5.96. The van der Waals surface area contributed by atoms with Gasteiger partial charge in [-0.15, -0.1) is 0 Å². The largest absolute Gasteiger partial charge is 0.456 e. The van der Waals surface area contributed by atoms with Crippen molar-refractivity contribution in [2.45, 2.75) is 6.92 Å². The van der Waals surface area contributed by atoms with E-state index in [4.69, 9.17) is 4.42 Å². The van der Waals surface area contributed by atoms with E-state index in [0.29, 0.717) is 0 Å². The SMILES string of the molecule is Cc1ccc2c(c1)-c1ccc3c(oc4ccccc43)c1[Si]2(c1ccccc1)c1ccccc1. The van der Waals surface area contributed by atoms with Gasteiger partial charge < -0.3 is 4.42 Å². The minimum Gasteiger partial charge on any atom is -0.456 e. The van der Waals surface area contributed by atoms with Crippen LogP contribution in [-0.4, -0.2) is 8.07 Å². The lowest BCUT2D eigenvalue weighted by molar-refractivity contribution is 0.671. The summed E-state index contributed by atoms with van der Waals surface area (Å²) in [4.78, 5) is 0. The second-order valence-electron chi connectivity index (χ2n) is 8.99. The monoisotopic (exact) mass is 438 g/mol. The summed E-state index contributed by atoms with van der Waals surface area (Å²) < 4.78 is 6.69. The lowest BCUT2D eigenvalue weighted by atomic mass is 10.0. The van der Waals surface area contributed by atoms with E-state index in [1.807, 2.05) is 0 Å². The van der Waals surface area contributed by atoms with Gasteiger partial charge in [-0.05, 0) is 45.7 Å². The van der Waals surface area contributed by atoms with Crippen LogP contribution in [0.3, 0.4) is 0 Å². The van der Waals surface area contributed by atoms with Crippen molar-refractivity contribution in [3.8, 4) is 11.1 Å². The molecule has 0 unspecified atom stereocenters. The zero-order valence-electron chi connectivity index (χ0n) is 18.4. The Morgan fingerprint density at radius 1 is 0.576 bits per heavy atom. The topological polar surface area (TPSA) is 13.1 Å². The van der Waals surface area contributed by atoms with Crippen molar-refractivity contribution in [1.82, 2.24) is 0 Å². The molecule has 0 amide bonds. The first kappa shape index (κ1) is 18.7. The van der Waals surface area contributed by atoms with Crippen molar-refractivity contribution in [3.63, 3.8) is 0 Å². The summed E-state index contributed by atoms with van der Waals surface area (Å²) in [5, 5.41) is 8.02. The molecule has 0 saturated heterocycles. The summed E-state index contributed by atoms with van der Waals surface area (Å²) in [5.74, 6) is 0. The molecule has 6 aromatic rings. The molecule has 0 spiro atoms. The van der Waals surface area contributed by atoms with Crippen molar-refractivity contribution in [2.75, 3.05) is 0 Å². The van der Waals surface area contributed by atoms with Crippen LogP contribution in [0.15, 0.2) is 120 Å². The zero-order chi connectivity index (χ0) is 22.0. The molecule has 1 aliphatic rings. The Bertz CT molecular complexity index is 1620. The van der Waals surface area contributed by atoms with E-state index in [-0.39, 0.29) is 0 Å². The molecule has 1 nitrogen and oxygen atoms in total. The van der Waals surface area contributed by atoms with Gasteiger partial charge in [-0.2, -0.15) is 0 Å². The highest BCUT2D eigenvalue weighted by molar-refractivity contribution is 7.23. The summed E-state index contributed by atoms with van der Waals surface area (Å²) in [6.45, 7) is 2.19. The number of hydrogen-bond acceptors (Lipinski definition) is 1. The summed E-state index contributed by atoms with van der Waals surface area (Å²) in [6, 6.07) is 42.2. The quantitative estimate of drug-likeness (QED) is 0.336. The Balaban J connectivity index is 1.75. The Morgan fingerprint density at radius 2 is 1.24 bits per heavy atom. The molecule has 0 fully saturated rings. The van der Waals surface area contributed by atoms with Crippen LogP contribution in [0, 0.1) is 6.92 Å². The molecule has 5 aromatic carbocycles.